The number of amides is 5. The number of benzene rings is 8. The first-order chi connectivity index (χ1) is 69.7. The number of fused-ring (bicyclic) bond motifs is 5. The van der Waals surface area contributed by atoms with E-state index in [-0.39, 0.29) is 140 Å². The van der Waals surface area contributed by atoms with Crippen LogP contribution in [0.5, 0.6) is 0 Å². The summed E-state index contributed by atoms with van der Waals surface area (Å²) in [6, 6.07) is 31.4. The molecule has 0 aliphatic carbocycles. The minimum absolute atomic E-state index is 0.00611. The van der Waals surface area contributed by atoms with Crippen LogP contribution in [0.4, 0.5) is 81.3 Å². The fraction of sp³-hybridized carbons (Fsp3) is 0.366. The Morgan fingerprint density at radius 3 is 0.932 bits per heavy atom. The van der Waals surface area contributed by atoms with Gasteiger partial charge in [0, 0.05) is 183 Å². The quantitative estimate of drug-likeness (QED) is 0.0268. The van der Waals surface area contributed by atoms with Gasteiger partial charge in [0.2, 0.25) is 30.1 Å². The normalized spacial score (nSPS) is 18.3. The van der Waals surface area contributed by atoms with E-state index >= 15 is 0 Å². The lowest BCUT2D eigenvalue weighted by Crippen LogP contribution is -2.50. The molecule has 147 heavy (non-hydrogen) atoms. The fourth-order valence-electron chi connectivity index (χ4n) is 19.1. The van der Waals surface area contributed by atoms with Gasteiger partial charge in [-0.05, 0) is 194 Å². The van der Waals surface area contributed by atoms with Crippen molar-refractivity contribution >= 4 is 187 Å². The second kappa shape index (κ2) is 44.3. The van der Waals surface area contributed by atoms with Gasteiger partial charge < -0.3 is 32.8 Å². The Balaban J connectivity index is 0.000000131. The van der Waals surface area contributed by atoms with Gasteiger partial charge in [-0.25, -0.2) is 93.6 Å². The van der Waals surface area contributed by atoms with Crippen LogP contribution >= 0.6 is 66.7 Å². The maximum Gasteiger partial charge on any atom is 0.414 e. The minimum atomic E-state index is -4.30. The number of carbonyl (C=O) groups excluding carboxylic acids is 5. The van der Waals surface area contributed by atoms with Gasteiger partial charge in [-0.2, -0.15) is 21.5 Å². The average molecular weight is 2320 g/mol. The van der Waals surface area contributed by atoms with Gasteiger partial charge in [0.1, 0.15) is 66.1 Å². The number of para-hydroxylation sites is 2. The van der Waals surface area contributed by atoms with E-state index < -0.39 is 134 Å². The molecule has 54 heteroatoms. The van der Waals surface area contributed by atoms with Crippen LogP contribution in [0.3, 0.4) is 0 Å². The number of non-ortho nitro benzene ring substituents is 1. The molecule has 10 aliphatic rings. The number of sulfonamides is 5. The number of halogens is 9. The summed E-state index contributed by atoms with van der Waals surface area (Å²) in [5.74, 6) is -4.04. The van der Waals surface area contributed by atoms with Crippen molar-refractivity contribution in [3.8, 4) is 0 Å². The predicted molar refractivity (Wildman–Crippen MR) is 533 cm³/mol. The van der Waals surface area contributed by atoms with Crippen LogP contribution in [0.1, 0.15) is 103 Å². The summed E-state index contributed by atoms with van der Waals surface area (Å²) in [4.78, 5) is 96.8. The van der Waals surface area contributed by atoms with Crippen LogP contribution in [0.2, 0.25) is 15.1 Å². The van der Waals surface area contributed by atoms with E-state index in [9.17, 15) is 104 Å². The van der Waals surface area contributed by atoms with Crippen LogP contribution in [0.25, 0.3) is 0 Å². The SMILES string of the molecule is Cc1cccc2c1N(C1CCN(S(=O)(=O)c3cc(Br)c(F)cc3F)CC1)C(=O)OC2.Cc1cccc2c1N(C1CCN(S(=O)(=O)c3cn(C)cn3)CC1)C(=O)OC2.Cn1cnc(S(=O)(=O)N2CCC(N3C(=O)OCc4cc(Cl)ccc43)CC2)c1.O=C1OCc2cc(Cl)ccc2N1C1CCN(S(=O)(=O)c2cc(Br)c(F)cc2F)CC1.O=C1OCc2cc(Cl)ccc2N1C1CCN(S(=O)(=O)c2ccc([N+](=O)[O-])cc2[N+](=O)[O-])CC1. The highest BCUT2D eigenvalue weighted by molar-refractivity contribution is 9.10. The predicted octanol–water partition coefficient (Wildman–Crippen LogP) is 16.9. The van der Waals surface area contributed by atoms with Crippen molar-refractivity contribution in [3.05, 3.63) is 265 Å². The second-order valence-electron chi connectivity index (χ2n) is 35.6. The molecule has 10 aromatic rings. The highest BCUT2D eigenvalue weighted by Crippen LogP contribution is 2.44. The number of aromatic nitrogens is 4. The number of cyclic esters (lactones) is 5. The van der Waals surface area contributed by atoms with E-state index in [2.05, 4.69) is 41.8 Å². The zero-order chi connectivity index (χ0) is 106. The molecule has 0 saturated carbocycles. The fourth-order valence-corrected chi connectivity index (χ4v) is 28.2. The summed E-state index contributed by atoms with van der Waals surface area (Å²) >= 11 is 23.9. The summed E-state index contributed by atoms with van der Waals surface area (Å²) in [6.07, 6.45) is 7.73. The molecule has 0 radical (unpaired) electrons. The summed E-state index contributed by atoms with van der Waals surface area (Å²) in [5, 5.41) is 24.0. The molecule has 5 fully saturated rings. The molecule has 0 bridgehead atoms. The standard InChI is InChI=1S/C20H19BrF2N2O4S.C19H16BrClF2N2O4S.C19H17ClN4O8S.C18H22N4O4S.C17H19ClN4O4S/c1-12-3-2-4-13-11-29-20(26)25(19(12)13)14-5-7-24(8-6-14)30(27,28)18-9-15(21)16(22)10-17(18)23;20-14-8-18(16(23)9-15(14)22)30(27,28)24-5-3-13(4-6-24)25-17-2-1-12(21)7-11(17)10-29-19(25)26;20-13-1-3-16-12(9-13)11-32-19(25)22(16)14-5-7-21(8-6-14)33(30,31)18-4-2-15(23(26)27)10-17(18)24(28)29;1-13-4-3-5-14-11-26-18(23)22(17(13)14)15-6-8-21(9-7-15)27(24,25)16-10-20(2)12-19-16;1-20-9-16(19-11-20)27(24,25)21-6-4-14(5-7-21)22-15-3-2-13(18)8-12(15)10-26-17(22)23/h2-4,9-10,14H,5-8,11H2,1H3;1-2,7-9,13H,3-6,10H2;1-4,9-10,14H,5-8,11H2;3-5,10,12,15H,6-9,11H2,1-2H3;2-3,8-9,11,14H,4-7,10H2,1H3. The Kier molecular flexibility index (Phi) is 32.6. The number of hydrogen-bond acceptors (Lipinski definition) is 26. The Morgan fingerprint density at radius 2 is 0.639 bits per heavy atom. The van der Waals surface area contributed by atoms with Crippen LogP contribution in [-0.2, 0) is 121 Å². The zero-order valence-corrected chi connectivity index (χ0v) is 88.0. The van der Waals surface area contributed by atoms with Crippen molar-refractivity contribution in [1.29, 1.82) is 0 Å². The van der Waals surface area contributed by atoms with Crippen LogP contribution < -0.4 is 24.5 Å². The number of carbonyl (C=O) groups is 5. The van der Waals surface area contributed by atoms with Gasteiger partial charge in [0.05, 0.1) is 65.9 Å². The molecule has 10 aliphatic heterocycles. The van der Waals surface area contributed by atoms with Crippen LogP contribution in [0, 0.1) is 57.3 Å². The molecule has 782 valence electrons. The first-order valence-corrected chi connectivity index (χ1v) is 55.6. The number of hydrogen-bond donors (Lipinski definition) is 0. The van der Waals surface area contributed by atoms with E-state index in [1.807, 2.05) is 56.3 Å². The van der Waals surface area contributed by atoms with Crippen molar-refractivity contribution < 1.29 is 117 Å². The molecule has 20 rings (SSSR count). The number of nitro benzene ring substituents is 2. The van der Waals surface area contributed by atoms with Gasteiger partial charge in [-0.15, -0.1) is 0 Å². The molecular weight excluding hydrogens is 2230 g/mol. The lowest BCUT2D eigenvalue weighted by molar-refractivity contribution is -0.396. The molecule has 0 unspecified atom stereocenters. The van der Waals surface area contributed by atoms with E-state index in [0.717, 1.165) is 88.9 Å². The van der Waals surface area contributed by atoms with E-state index in [1.165, 1.54) is 47.8 Å². The summed E-state index contributed by atoms with van der Waals surface area (Å²) in [7, 11) is -16.4. The molecule has 8 aromatic carbocycles. The monoisotopic (exact) mass is 2320 g/mol. The Hall–Kier alpha value is -11.6. The molecule has 40 nitrogen and oxygen atoms in total. The molecular formula is C93H93Br2Cl3F4N16O24S5. The highest BCUT2D eigenvalue weighted by Gasteiger charge is 2.47. The summed E-state index contributed by atoms with van der Waals surface area (Å²) in [5.41, 5.74) is 8.59. The third-order valence-corrected chi connectivity index (χ3v) is 37.7. The molecule has 5 amide bonds. The molecule has 12 heterocycles. The number of imidazole rings is 2. The zero-order valence-electron chi connectivity index (χ0n) is 78.5. The Labute approximate surface area is 873 Å². The lowest BCUT2D eigenvalue weighted by atomic mass is 10.00. The maximum absolute atomic E-state index is 14.2. The smallest absolute Gasteiger partial charge is 0.414 e. The lowest BCUT2D eigenvalue weighted by Gasteiger charge is -2.40. The number of anilines is 5. The van der Waals surface area contributed by atoms with Crippen LogP contribution in [0.15, 0.2) is 192 Å². The Bertz CT molecular complexity index is 7480. The van der Waals surface area contributed by atoms with Gasteiger partial charge in [0.25, 0.3) is 31.4 Å². The molecule has 0 spiro atoms. The minimum Gasteiger partial charge on any atom is -0.444 e. The summed E-state index contributed by atoms with van der Waals surface area (Å²) in [6.45, 7) is 6.44. The summed E-state index contributed by atoms with van der Waals surface area (Å²) < 4.78 is 220. The molecule has 5 saturated heterocycles. The van der Waals surface area contributed by atoms with Crippen molar-refractivity contribution in [2.24, 2.45) is 14.1 Å². The third kappa shape index (κ3) is 22.8. The molecule has 0 N–H and O–H groups in total. The van der Waals surface area contributed by atoms with Gasteiger partial charge in [0.15, 0.2) is 14.9 Å². The number of nitro groups is 2. The van der Waals surface area contributed by atoms with E-state index in [1.54, 1.807) is 86.5 Å². The van der Waals surface area contributed by atoms with Crippen LogP contribution in [-0.4, -0.2) is 219 Å². The average Bonchev–Trinajstić information content (AvgIpc) is 1.32. The van der Waals surface area contributed by atoms with Gasteiger partial charge >= 0.3 is 30.5 Å². The number of aryl methyl sites for hydroxylation is 4. The largest absolute Gasteiger partial charge is 0.444 e. The number of piperidine rings is 5. The first-order valence-electron chi connectivity index (χ1n) is 45.7. The van der Waals surface area contributed by atoms with Gasteiger partial charge in [-0.3, -0.25) is 44.7 Å². The van der Waals surface area contributed by atoms with E-state index in [0.29, 0.717) is 122 Å². The van der Waals surface area contributed by atoms with Crippen molar-refractivity contribution in [1.82, 2.24) is 40.6 Å². The maximum atomic E-state index is 14.2. The highest BCUT2D eigenvalue weighted by atomic mass is 79.9. The number of nitrogens with zero attached hydrogens (tertiary/aromatic N) is 16. The second-order valence-corrected chi connectivity index (χ2v) is 48.1. The van der Waals surface area contributed by atoms with E-state index in [4.69, 9.17) is 58.5 Å². The topological polar surface area (TPSA) is 457 Å². The molecule has 0 atom stereocenters. The van der Waals surface area contributed by atoms with Gasteiger partial charge in [-0.1, -0.05) is 71.2 Å². The number of ether oxygens (including phenoxy) is 5. The van der Waals surface area contributed by atoms with Crippen molar-refractivity contribution in [2.45, 2.75) is 166 Å². The number of rotatable bonds is 17. The van der Waals surface area contributed by atoms with Crippen molar-refractivity contribution in [2.75, 3.05) is 89.9 Å². The Morgan fingerprint density at radius 1 is 0.354 bits per heavy atom. The van der Waals surface area contributed by atoms with Crippen molar-refractivity contribution in [3.63, 3.8) is 0 Å². The first kappa shape index (κ1) is 108. The third-order valence-electron chi connectivity index (χ3n) is 26.4. The molecule has 2 aromatic heterocycles.